The fraction of sp³-hybridized carbons (Fsp3) is 1.00. The number of ether oxygens (including phenoxy) is 6. The molecule has 6 aliphatic rings. The van der Waals surface area contributed by atoms with E-state index in [1.54, 1.807) is 0 Å². The van der Waals surface area contributed by atoms with Crippen LogP contribution in [0.15, 0.2) is 0 Å². The van der Waals surface area contributed by atoms with Crippen molar-refractivity contribution < 1.29 is 54.0 Å². The second-order valence-corrected chi connectivity index (χ2v) is 8.60. The quantitative estimate of drug-likeness (QED) is 0.260. The van der Waals surface area contributed by atoms with Crippen molar-refractivity contribution in [3.8, 4) is 0 Å². The molecule has 0 unspecified atom stereocenters. The summed E-state index contributed by atoms with van der Waals surface area (Å²) in [6.07, 6.45) is -3.69. The van der Waals surface area contributed by atoms with Gasteiger partial charge in [0, 0.05) is 5.92 Å². The SMILES string of the molecule is C[C@@H]1CO[C@@H]2[C@H]1OC[C@H]2O.O[C@@H]1CO[C@@H]2[C@H]1OC[C@@H]2O.O[C@H]1CO[C@@H]2[C@H]1OC[C@@H]2O. The molecule has 0 radical (unpaired) electrons. The molecular formula is C19H32O11. The van der Waals surface area contributed by atoms with E-state index in [1.807, 2.05) is 0 Å². The summed E-state index contributed by atoms with van der Waals surface area (Å²) < 4.78 is 31.0. The lowest BCUT2D eigenvalue weighted by Gasteiger charge is -2.10. The molecule has 0 aromatic carbocycles. The molecule has 5 N–H and O–H groups in total. The molecule has 30 heavy (non-hydrogen) atoms. The van der Waals surface area contributed by atoms with Crippen molar-refractivity contribution in [2.24, 2.45) is 5.92 Å². The van der Waals surface area contributed by atoms with E-state index in [4.69, 9.17) is 48.8 Å². The van der Waals surface area contributed by atoms with Crippen molar-refractivity contribution in [3.05, 3.63) is 0 Å². The van der Waals surface area contributed by atoms with Crippen LogP contribution in [0.5, 0.6) is 0 Å². The molecule has 11 heteroatoms. The Morgan fingerprint density at radius 3 is 0.933 bits per heavy atom. The van der Waals surface area contributed by atoms with E-state index in [1.165, 1.54) is 0 Å². The van der Waals surface area contributed by atoms with Gasteiger partial charge in [0.15, 0.2) is 0 Å². The van der Waals surface area contributed by atoms with Crippen molar-refractivity contribution in [1.82, 2.24) is 0 Å². The molecular weight excluding hydrogens is 404 g/mol. The zero-order valence-corrected chi connectivity index (χ0v) is 16.9. The second kappa shape index (κ2) is 9.59. The third-order valence-electron chi connectivity index (χ3n) is 6.28. The first-order valence-corrected chi connectivity index (χ1v) is 10.5. The van der Waals surface area contributed by atoms with E-state index in [9.17, 15) is 5.11 Å². The maximum atomic E-state index is 9.27. The number of hydrogen-bond donors (Lipinski definition) is 5. The highest BCUT2D eigenvalue weighted by atomic mass is 16.6. The van der Waals surface area contributed by atoms with E-state index in [2.05, 4.69) is 6.92 Å². The van der Waals surface area contributed by atoms with Crippen molar-refractivity contribution in [3.63, 3.8) is 0 Å². The minimum atomic E-state index is -0.554. The average molecular weight is 436 g/mol. The van der Waals surface area contributed by atoms with Gasteiger partial charge in [0.1, 0.15) is 61.0 Å². The van der Waals surface area contributed by atoms with Gasteiger partial charge in [-0.25, -0.2) is 0 Å². The van der Waals surface area contributed by atoms with Gasteiger partial charge in [-0.15, -0.1) is 0 Å². The van der Waals surface area contributed by atoms with Crippen LogP contribution in [0.1, 0.15) is 6.92 Å². The standard InChI is InChI=1S/C7H12O3.2C6H10O4/c1-4-2-9-7-5(8)3-10-6(4)7;2*7-3-1-9-6-4(8)2-10-5(3)6/h4-8H,2-3H2,1H3;2*3-8H,1-2H2/t4-,5-,6+,7+;3-,4+,5-,6-;3-,4-,5-,6-/m100/s1. The molecule has 0 bridgehead atoms. The summed E-state index contributed by atoms with van der Waals surface area (Å²) in [5.74, 6) is 0.446. The Morgan fingerprint density at radius 2 is 0.633 bits per heavy atom. The smallest absolute Gasteiger partial charge is 0.114 e. The van der Waals surface area contributed by atoms with Crippen molar-refractivity contribution in [2.75, 3.05) is 39.6 Å². The first kappa shape index (κ1) is 22.7. The van der Waals surface area contributed by atoms with Gasteiger partial charge in [0.2, 0.25) is 0 Å². The van der Waals surface area contributed by atoms with Gasteiger partial charge in [-0.2, -0.15) is 0 Å². The average Bonchev–Trinajstić information content (AvgIpc) is 3.52. The minimum Gasteiger partial charge on any atom is -0.388 e. The normalized spacial score (nSPS) is 53.4. The number of rotatable bonds is 0. The maximum Gasteiger partial charge on any atom is 0.114 e. The Labute approximate surface area is 174 Å². The highest BCUT2D eigenvalue weighted by Crippen LogP contribution is 2.30. The summed E-state index contributed by atoms with van der Waals surface area (Å²) in [7, 11) is 0. The Kier molecular flexibility index (Phi) is 7.27. The summed E-state index contributed by atoms with van der Waals surface area (Å²) in [6.45, 7) is 4.40. The fourth-order valence-corrected chi connectivity index (χ4v) is 4.59. The van der Waals surface area contributed by atoms with Gasteiger partial charge in [0.25, 0.3) is 0 Å². The zero-order valence-electron chi connectivity index (χ0n) is 16.9. The summed E-state index contributed by atoms with van der Waals surface area (Å²) >= 11 is 0. The van der Waals surface area contributed by atoms with E-state index in [0.29, 0.717) is 12.5 Å². The lowest BCUT2D eigenvalue weighted by atomic mass is 10.0. The number of aliphatic hydroxyl groups excluding tert-OH is 5. The fourth-order valence-electron chi connectivity index (χ4n) is 4.59. The molecule has 6 aliphatic heterocycles. The predicted octanol–water partition coefficient (Wildman–Crippen LogP) is -3.21. The second-order valence-electron chi connectivity index (χ2n) is 8.60. The summed E-state index contributed by atoms with van der Waals surface area (Å²) in [5, 5.41) is 45.9. The van der Waals surface area contributed by atoms with Crippen LogP contribution >= 0.6 is 0 Å². The summed E-state index contributed by atoms with van der Waals surface area (Å²) in [5.41, 5.74) is 0. The van der Waals surface area contributed by atoms with Gasteiger partial charge in [0.05, 0.1) is 45.7 Å². The van der Waals surface area contributed by atoms with Gasteiger partial charge in [-0.3, -0.25) is 0 Å². The summed E-state index contributed by atoms with van der Waals surface area (Å²) in [4.78, 5) is 0. The first-order chi connectivity index (χ1) is 14.4. The van der Waals surface area contributed by atoms with Crippen molar-refractivity contribution >= 4 is 0 Å². The molecule has 6 heterocycles. The van der Waals surface area contributed by atoms with Gasteiger partial charge >= 0.3 is 0 Å². The molecule has 0 spiro atoms. The molecule has 6 rings (SSSR count). The third-order valence-corrected chi connectivity index (χ3v) is 6.28. The third kappa shape index (κ3) is 4.52. The number of aliphatic hydroxyl groups is 5. The zero-order chi connectivity index (χ0) is 21.4. The molecule has 6 saturated heterocycles. The lowest BCUT2D eigenvalue weighted by Crippen LogP contribution is -2.30. The van der Waals surface area contributed by atoms with Crippen LogP contribution in [0.4, 0.5) is 0 Å². The summed E-state index contributed by atoms with van der Waals surface area (Å²) in [6, 6.07) is 0. The Balaban J connectivity index is 0.000000109. The monoisotopic (exact) mass is 436 g/mol. The Hall–Kier alpha value is -0.440. The molecule has 174 valence electrons. The topological polar surface area (TPSA) is 157 Å². The van der Waals surface area contributed by atoms with Gasteiger partial charge in [-0.05, 0) is 0 Å². The van der Waals surface area contributed by atoms with Crippen LogP contribution in [0.3, 0.4) is 0 Å². The van der Waals surface area contributed by atoms with Crippen LogP contribution in [0.25, 0.3) is 0 Å². The number of hydrogen-bond acceptors (Lipinski definition) is 11. The molecule has 12 atom stereocenters. The molecule has 0 aromatic heterocycles. The van der Waals surface area contributed by atoms with Crippen LogP contribution in [-0.2, 0) is 28.4 Å². The number of fused-ring (bicyclic) bond motifs is 3. The molecule has 6 fully saturated rings. The molecule has 0 aromatic rings. The van der Waals surface area contributed by atoms with Crippen LogP contribution in [0, 0.1) is 5.92 Å². The minimum absolute atomic E-state index is 0.0463. The van der Waals surface area contributed by atoms with Crippen molar-refractivity contribution in [1.29, 1.82) is 0 Å². The maximum absolute atomic E-state index is 9.27. The van der Waals surface area contributed by atoms with E-state index >= 15 is 0 Å². The van der Waals surface area contributed by atoms with Crippen LogP contribution in [-0.4, -0.2) is 132 Å². The first-order valence-electron chi connectivity index (χ1n) is 10.5. The highest BCUT2D eigenvalue weighted by Gasteiger charge is 2.47. The lowest BCUT2D eigenvalue weighted by molar-refractivity contribution is 0.00201. The van der Waals surface area contributed by atoms with Crippen molar-refractivity contribution in [2.45, 2.75) is 74.1 Å². The largest absolute Gasteiger partial charge is 0.388 e. The predicted molar refractivity (Wildman–Crippen MR) is 97.6 cm³/mol. The van der Waals surface area contributed by atoms with E-state index < -0.39 is 30.5 Å². The van der Waals surface area contributed by atoms with Gasteiger partial charge < -0.3 is 54.0 Å². The molecule has 11 nitrogen and oxygen atoms in total. The molecule has 0 aliphatic carbocycles. The Morgan fingerprint density at radius 1 is 0.400 bits per heavy atom. The molecule has 0 saturated carbocycles. The Bertz CT molecular complexity index is 441. The highest BCUT2D eigenvalue weighted by molar-refractivity contribution is 4.95. The van der Waals surface area contributed by atoms with E-state index in [-0.39, 0.29) is 63.1 Å². The van der Waals surface area contributed by atoms with Crippen LogP contribution < -0.4 is 0 Å². The van der Waals surface area contributed by atoms with E-state index in [0.717, 1.165) is 6.61 Å². The van der Waals surface area contributed by atoms with Crippen LogP contribution in [0.2, 0.25) is 0 Å². The molecule has 0 amide bonds. The van der Waals surface area contributed by atoms with Gasteiger partial charge in [-0.1, -0.05) is 6.92 Å².